The van der Waals surface area contributed by atoms with Gasteiger partial charge in [0.05, 0.1) is 26.5 Å². The van der Waals surface area contributed by atoms with Gasteiger partial charge < -0.3 is 25.6 Å². The topological polar surface area (TPSA) is 158 Å². The molecule has 3 aromatic heterocycles. The first-order valence-electron chi connectivity index (χ1n) is 19.7. The minimum absolute atomic E-state index is 0.195. The number of halogens is 2. The molecule has 0 saturated carbocycles. The van der Waals surface area contributed by atoms with Crippen molar-refractivity contribution in [2.75, 3.05) is 68.8 Å². The van der Waals surface area contributed by atoms with E-state index in [2.05, 4.69) is 63.9 Å². The summed E-state index contributed by atoms with van der Waals surface area (Å²) in [5, 5.41) is 12.8. The summed E-state index contributed by atoms with van der Waals surface area (Å²) in [7, 11) is 0.914. The fourth-order valence-electron chi connectivity index (χ4n) is 8.60. The van der Waals surface area contributed by atoms with Gasteiger partial charge in [-0.3, -0.25) is 14.9 Å². The smallest absolute Gasteiger partial charge is 0.234 e. The molecule has 0 radical (unpaired) electrons. The Morgan fingerprint density at radius 2 is 1.84 bits per heavy atom. The maximum Gasteiger partial charge on any atom is 0.234 e. The molecule has 8 rings (SSSR count). The highest BCUT2D eigenvalue weighted by Gasteiger charge is 2.53. The molecule has 5 aromatic rings. The van der Waals surface area contributed by atoms with Crippen molar-refractivity contribution in [3.8, 4) is 17.0 Å². The number of nitrogens with one attached hydrogen (secondary N) is 2. The quantitative estimate of drug-likeness (QED) is 0.0443. The Morgan fingerprint density at radius 3 is 2.55 bits per heavy atom. The van der Waals surface area contributed by atoms with Crippen LogP contribution >= 0.6 is 23.2 Å². The second-order valence-corrected chi connectivity index (χ2v) is 18.0. The first-order valence-corrected chi connectivity index (χ1v) is 21.8. The SMILES string of the molecule is CNc1cc(C2CCN(CCCCS(=O)N3CC4(CN(c5ccc(-c6n[nH]c7ccc(O[C@H](C)c8c(Cl)cncc8Cl)cc67)cn5)C4)C3)CC2)ccc1C(N)=NC=O. The number of nitrogens with zero attached hydrogens (tertiary/aromatic N) is 7. The van der Waals surface area contributed by atoms with Gasteiger partial charge in [0.1, 0.15) is 29.2 Å². The third-order valence-electron chi connectivity index (χ3n) is 11.7. The van der Waals surface area contributed by atoms with Crippen LogP contribution in [0.2, 0.25) is 10.0 Å². The Bertz CT molecular complexity index is 2300. The van der Waals surface area contributed by atoms with Gasteiger partial charge in [-0.25, -0.2) is 13.5 Å². The van der Waals surface area contributed by atoms with Crippen LogP contribution in [0.1, 0.15) is 61.3 Å². The molecule has 6 heterocycles. The molecule has 3 fully saturated rings. The molecular weight excluding hydrogens is 796 g/mol. The van der Waals surface area contributed by atoms with Crippen molar-refractivity contribution in [1.29, 1.82) is 0 Å². The van der Waals surface area contributed by atoms with Gasteiger partial charge in [0.15, 0.2) is 0 Å². The number of H-pyrrole nitrogens is 1. The Balaban J connectivity index is 0.756. The van der Waals surface area contributed by atoms with Gasteiger partial charge in [-0.15, -0.1) is 0 Å². The van der Waals surface area contributed by atoms with Crippen molar-refractivity contribution in [2.24, 2.45) is 16.1 Å². The number of likely N-dealkylation sites (tertiary alicyclic amines) is 1. The third kappa shape index (κ3) is 8.44. The fraction of sp³-hybridized carbons (Fsp3) is 0.405. The maximum atomic E-state index is 13.1. The average molecular weight is 844 g/mol. The normalized spacial score (nSPS) is 18.5. The van der Waals surface area contributed by atoms with Crippen molar-refractivity contribution in [3.05, 3.63) is 93.9 Å². The monoisotopic (exact) mass is 842 g/mol. The number of fused-ring (bicyclic) bond motifs is 1. The van der Waals surface area contributed by atoms with Crippen LogP contribution in [-0.4, -0.2) is 104 Å². The summed E-state index contributed by atoms with van der Waals surface area (Å²) in [5.41, 5.74) is 12.4. The number of aliphatic imine (C=N–C) groups is 1. The van der Waals surface area contributed by atoms with Crippen LogP contribution < -0.4 is 20.7 Å². The van der Waals surface area contributed by atoms with Crippen LogP contribution in [-0.2, 0) is 15.8 Å². The number of rotatable bonds is 15. The molecular formula is C42H48Cl2N10O3S. The lowest BCUT2D eigenvalue weighted by Gasteiger charge is -2.59. The molecule has 3 aliphatic heterocycles. The molecule has 4 N–H and O–H groups in total. The highest BCUT2D eigenvalue weighted by molar-refractivity contribution is 7.82. The zero-order chi connectivity index (χ0) is 40.4. The van der Waals surface area contributed by atoms with E-state index in [9.17, 15) is 9.00 Å². The lowest BCUT2D eigenvalue weighted by atomic mass is 9.74. The molecule has 304 valence electrons. The summed E-state index contributed by atoms with van der Waals surface area (Å²) in [6.07, 6.45) is 9.30. The van der Waals surface area contributed by atoms with E-state index < -0.39 is 11.0 Å². The van der Waals surface area contributed by atoms with Gasteiger partial charge in [0, 0.05) is 90.7 Å². The summed E-state index contributed by atoms with van der Waals surface area (Å²) < 4.78 is 21.5. The number of unbranched alkanes of at least 4 members (excludes halogenated alkanes) is 1. The Hall–Kier alpha value is -4.60. The van der Waals surface area contributed by atoms with Crippen molar-refractivity contribution in [3.63, 3.8) is 0 Å². The van der Waals surface area contributed by atoms with Crippen molar-refractivity contribution in [1.82, 2.24) is 29.4 Å². The zero-order valence-corrected chi connectivity index (χ0v) is 35.0. The summed E-state index contributed by atoms with van der Waals surface area (Å²) >= 11 is 12.7. The van der Waals surface area contributed by atoms with E-state index in [0.717, 1.165) is 116 Å². The lowest BCUT2D eigenvalue weighted by Crippen LogP contribution is -2.72. The number of anilines is 2. The van der Waals surface area contributed by atoms with E-state index in [-0.39, 0.29) is 17.4 Å². The molecule has 1 spiro atoms. The molecule has 0 bridgehead atoms. The summed E-state index contributed by atoms with van der Waals surface area (Å²) in [6.45, 7) is 8.63. The van der Waals surface area contributed by atoms with Gasteiger partial charge in [-0.2, -0.15) is 10.1 Å². The summed E-state index contributed by atoms with van der Waals surface area (Å²) in [6, 6.07) is 16.1. The summed E-state index contributed by atoms with van der Waals surface area (Å²) in [4.78, 5) is 28.2. The maximum absolute atomic E-state index is 13.1. The van der Waals surface area contributed by atoms with Crippen LogP contribution in [0.5, 0.6) is 5.75 Å². The van der Waals surface area contributed by atoms with Crippen LogP contribution in [0.25, 0.3) is 22.2 Å². The Labute approximate surface area is 350 Å². The number of hydrogen-bond donors (Lipinski definition) is 3. The number of amidine groups is 1. The molecule has 58 heavy (non-hydrogen) atoms. The van der Waals surface area contributed by atoms with Crippen LogP contribution in [0, 0.1) is 5.41 Å². The molecule has 16 heteroatoms. The van der Waals surface area contributed by atoms with E-state index in [1.165, 1.54) is 5.56 Å². The van der Waals surface area contributed by atoms with E-state index >= 15 is 0 Å². The highest BCUT2D eigenvalue weighted by Crippen LogP contribution is 2.43. The average Bonchev–Trinajstić information content (AvgIpc) is 3.62. The van der Waals surface area contributed by atoms with Gasteiger partial charge in [-0.1, -0.05) is 29.3 Å². The Morgan fingerprint density at radius 1 is 1.07 bits per heavy atom. The molecule has 2 atom stereocenters. The number of nitrogens with two attached hydrogens (primary N) is 1. The number of hydrogen-bond acceptors (Lipinski definition) is 9. The van der Waals surface area contributed by atoms with E-state index in [1.807, 2.05) is 44.4 Å². The van der Waals surface area contributed by atoms with Crippen LogP contribution in [0.15, 0.2) is 72.1 Å². The molecule has 2 aromatic carbocycles. The summed E-state index contributed by atoms with van der Waals surface area (Å²) in [5.74, 6) is 3.03. The largest absolute Gasteiger partial charge is 0.486 e. The molecule has 1 unspecified atom stereocenters. The number of amides is 1. The van der Waals surface area contributed by atoms with Crippen molar-refractivity contribution < 1.29 is 13.7 Å². The van der Waals surface area contributed by atoms with E-state index in [0.29, 0.717) is 33.7 Å². The number of aromatic nitrogens is 4. The first-order chi connectivity index (χ1) is 28.1. The van der Waals surface area contributed by atoms with Gasteiger partial charge in [0.25, 0.3) is 0 Å². The molecule has 0 aliphatic carbocycles. The molecule has 3 saturated heterocycles. The van der Waals surface area contributed by atoms with Gasteiger partial charge in [0.2, 0.25) is 6.41 Å². The second kappa shape index (κ2) is 17.3. The number of aromatic amines is 1. The Kier molecular flexibility index (Phi) is 12.0. The fourth-order valence-corrected chi connectivity index (χ4v) is 10.8. The number of piperidine rings is 1. The number of carbonyl (C=O) groups is 1. The number of ether oxygens (including phenoxy) is 1. The highest BCUT2D eigenvalue weighted by atomic mass is 35.5. The van der Waals surface area contributed by atoms with E-state index in [1.54, 1.807) is 12.4 Å². The first kappa shape index (κ1) is 40.2. The molecule has 1 amide bonds. The van der Waals surface area contributed by atoms with Crippen molar-refractivity contribution >= 4 is 68.8 Å². The minimum Gasteiger partial charge on any atom is -0.486 e. The minimum atomic E-state index is -0.940. The predicted octanol–water partition coefficient (Wildman–Crippen LogP) is 6.82. The molecule has 3 aliphatic rings. The zero-order valence-electron chi connectivity index (χ0n) is 32.7. The van der Waals surface area contributed by atoms with Gasteiger partial charge in [-0.05, 0) is 106 Å². The van der Waals surface area contributed by atoms with Crippen LogP contribution in [0.4, 0.5) is 11.5 Å². The predicted molar refractivity (Wildman–Crippen MR) is 232 cm³/mol. The van der Waals surface area contributed by atoms with E-state index in [4.69, 9.17) is 38.7 Å². The van der Waals surface area contributed by atoms with Gasteiger partial charge >= 0.3 is 0 Å². The number of pyridine rings is 2. The second-order valence-electron chi connectivity index (χ2n) is 15.6. The van der Waals surface area contributed by atoms with Crippen molar-refractivity contribution in [2.45, 2.75) is 44.6 Å². The number of carbonyl (C=O) groups excluding carboxylic acids is 1. The van der Waals surface area contributed by atoms with Crippen LogP contribution in [0.3, 0.4) is 0 Å². The molecule has 13 nitrogen and oxygen atoms in total. The third-order valence-corrected chi connectivity index (χ3v) is 13.8. The number of benzene rings is 2. The standard InChI is InChI=1S/C42H48Cl2N10O3S/c1-27(39-34(43)20-47-21-35(39)44)57-31-7-9-36-33(18-31)40(51-50-36)30-6-10-38(48-19-30)53-22-42(23-53)24-54(25-42)58(56)16-4-3-13-52-14-11-28(12-15-52)29-5-8-32(37(17-29)46-2)41(45)49-26-55/h5-10,17-21,26-28,46H,3-4,11-16,22-25H2,1-2H3,(H,50,51)(H2,45,49,55)/t27-,58?/m1/s1. The lowest BCUT2D eigenvalue weighted by molar-refractivity contribution is -0.106.